The molecule has 0 unspecified atom stereocenters. The Labute approximate surface area is 68.3 Å². The smallest absolute Gasteiger partial charge is 0.294 e. The largest absolute Gasteiger partial charge is 0.449 e. The van der Waals surface area contributed by atoms with Gasteiger partial charge in [-0.05, 0) is 19.5 Å². The molecule has 0 fully saturated rings. The average molecular weight is 159 g/mol. The predicted molar refractivity (Wildman–Crippen MR) is 44.1 cm³/mol. The number of hydrogen-bond acceptors (Lipinski definition) is 3. The molecule has 0 bridgehead atoms. The zero-order valence-corrected chi connectivity index (χ0v) is 7.54. The predicted octanol–water partition coefficient (Wildman–Crippen LogP) is 1.24. The van der Waals surface area contributed by atoms with Gasteiger partial charge < -0.3 is 4.74 Å². The maximum atomic E-state index is 10.1. The second-order valence-corrected chi connectivity index (χ2v) is 2.32. The van der Waals surface area contributed by atoms with Crippen LogP contribution in [-0.4, -0.2) is 30.7 Å². The number of hydrogen-bond donors (Lipinski definition) is 0. The monoisotopic (exact) mass is 159 g/mol. The van der Waals surface area contributed by atoms with Crippen LogP contribution < -0.4 is 0 Å². The highest BCUT2D eigenvalue weighted by Crippen LogP contribution is 2.03. The summed E-state index contributed by atoms with van der Waals surface area (Å²) >= 11 is 0. The van der Waals surface area contributed by atoms with E-state index in [2.05, 4.69) is 18.7 Å². The van der Waals surface area contributed by atoms with E-state index in [1.54, 1.807) is 0 Å². The lowest BCUT2D eigenvalue weighted by Crippen LogP contribution is -2.36. The summed E-state index contributed by atoms with van der Waals surface area (Å²) in [6.45, 7) is 8.48. The van der Waals surface area contributed by atoms with Crippen LogP contribution in [0.3, 0.4) is 0 Å². The zero-order chi connectivity index (χ0) is 8.69. The van der Waals surface area contributed by atoms with E-state index in [1.807, 2.05) is 6.92 Å². The molecular formula is C8H17NO2. The molecule has 3 heteroatoms. The zero-order valence-electron chi connectivity index (χ0n) is 7.54. The van der Waals surface area contributed by atoms with E-state index in [1.165, 1.54) is 0 Å². The van der Waals surface area contributed by atoms with Gasteiger partial charge in [0.1, 0.15) is 0 Å². The van der Waals surface area contributed by atoms with Crippen LogP contribution in [0.2, 0.25) is 0 Å². The summed E-state index contributed by atoms with van der Waals surface area (Å²) in [5.74, 6) is 0. The third kappa shape index (κ3) is 3.37. The molecule has 0 amide bonds. The molecule has 0 saturated heterocycles. The van der Waals surface area contributed by atoms with Crippen molar-refractivity contribution in [2.45, 2.75) is 33.4 Å². The molecule has 0 aromatic rings. The maximum absolute atomic E-state index is 10.1. The molecular weight excluding hydrogens is 142 g/mol. The molecule has 0 aliphatic rings. The van der Waals surface area contributed by atoms with Crippen LogP contribution in [0.15, 0.2) is 0 Å². The second kappa shape index (κ2) is 6.16. The Morgan fingerprint density at radius 2 is 1.91 bits per heavy atom. The molecule has 0 heterocycles. The summed E-state index contributed by atoms with van der Waals surface area (Å²) in [6.07, 6.45) is 0.808. The molecule has 0 aliphatic carbocycles. The van der Waals surface area contributed by atoms with E-state index in [-0.39, 0.29) is 6.23 Å². The molecule has 0 radical (unpaired) electrons. The first-order valence-corrected chi connectivity index (χ1v) is 4.13. The minimum atomic E-state index is -0.0394. The van der Waals surface area contributed by atoms with Gasteiger partial charge in [0.25, 0.3) is 6.47 Å². The fourth-order valence-corrected chi connectivity index (χ4v) is 1.14. The first-order valence-electron chi connectivity index (χ1n) is 4.13. The van der Waals surface area contributed by atoms with Crippen molar-refractivity contribution in [3.8, 4) is 0 Å². The van der Waals surface area contributed by atoms with Gasteiger partial charge in [0.15, 0.2) is 6.23 Å². The van der Waals surface area contributed by atoms with Gasteiger partial charge >= 0.3 is 0 Å². The van der Waals surface area contributed by atoms with Gasteiger partial charge in [-0.2, -0.15) is 0 Å². The first-order chi connectivity index (χ1) is 5.29. The van der Waals surface area contributed by atoms with Crippen molar-refractivity contribution in [1.82, 2.24) is 4.90 Å². The Balaban J connectivity index is 3.85. The molecule has 0 saturated carbocycles. The van der Waals surface area contributed by atoms with Gasteiger partial charge in [0.05, 0.1) is 0 Å². The van der Waals surface area contributed by atoms with Crippen molar-refractivity contribution >= 4 is 6.47 Å². The molecule has 66 valence electrons. The van der Waals surface area contributed by atoms with Crippen molar-refractivity contribution in [3.63, 3.8) is 0 Å². The van der Waals surface area contributed by atoms with E-state index >= 15 is 0 Å². The van der Waals surface area contributed by atoms with Crippen LogP contribution in [0, 0.1) is 0 Å². The van der Waals surface area contributed by atoms with E-state index < -0.39 is 0 Å². The topological polar surface area (TPSA) is 29.5 Å². The highest BCUT2D eigenvalue weighted by Gasteiger charge is 2.12. The molecule has 3 nitrogen and oxygen atoms in total. The Hall–Kier alpha value is -0.570. The first kappa shape index (κ1) is 10.4. The van der Waals surface area contributed by atoms with Crippen LogP contribution in [0.25, 0.3) is 0 Å². The van der Waals surface area contributed by atoms with Crippen LogP contribution in [0.1, 0.15) is 27.2 Å². The van der Waals surface area contributed by atoms with Gasteiger partial charge in [0, 0.05) is 0 Å². The van der Waals surface area contributed by atoms with E-state index in [0.717, 1.165) is 19.5 Å². The van der Waals surface area contributed by atoms with Gasteiger partial charge in [-0.3, -0.25) is 9.69 Å². The minimum absolute atomic E-state index is 0.0394. The van der Waals surface area contributed by atoms with Gasteiger partial charge in [-0.15, -0.1) is 0 Å². The highest BCUT2D eigenvalue weighted by molar-refractivity contribution is 5.37. The van der Waals surface area contributed by atoms with E-state index in [4.69, 9.17) is 4.74 Å². The fourth-order valence-electron chi connectivity index (χ4n) is 1.14. The quantitative estimate of drug-likeness (QED) is 0.431. The summed E-state index contributed by atoms with van der Waals surface area (Å²) in [6, 6.07) is 0. The van der Waals surface area contributed by atoms with Crippen molar-refractivity contribution in [1.29, 1.82) is 0 Å². The van der Waals surface area contributed by atoms with Crippen LogP contribution in [-0.2, 0) is 9.53 Å². The normalized spacial score (nSPS) is 13.1. The molecule has 0 aromatic carbocycles. The molecule has 0 spiro atoms. The molecule has 11 heavy (non-hydrogen) atoms. The van der Waals surface area contributed by atoms with E-state index in [9.17, 15) is 4.79 Å². The molecule has 0 rings (SSSR count). The lowest BCUT2D eigenvalue weighted by molar-refractivity contribution is -0.143. The van der Waals surface area contributed by atoms with Crippen molar-refractivity contribution < 1.29 is 9.53 Å². The number of ether oxygens (including phenoxy) is 1. The van der Waals surface area contributed by atoms with Crippen LogP contribution >= 0.6 is 0 Å². The number of rotatable bonds is 6. The van der Waals surface area contributed by atoms with Gasteiger partial charge in [-0.1, -0.05) is 20.8 Å². The van der Waals surface area contributed by atoms with Crippen molar-refractivity contribution in [3.05, 3.63) is 0 Å². The lowest BCUT2D eigenvalue weighted by Gasteiger charge is -2.26. The summed E-state index contributed by atoms with van der Waals surface area (Å²) in [4.78, 5) is 12.2. The summed E-state index contributed by atoms with van der Waals surface area (Å²) in [7, 11) is 0. The number of nitrogens with zero attached hydrogens (tertiary/aromatic N) is 1. The van der Waals surface area contributed by atoms with Gasteiger partial charge in [0.2, 0.25) is 0 Å². The fraction of sp³-hybridized carbons (Fsp3) is 0.875. The van der Waals surface area contributed by atoms with Crippen LogP contribution in [0.4, 0.5) is 0 Å². The number of carbonyl (C=O) groups excluding carboxylic acids is 1. The summed E-state index contributed by atoms with van der Waals surface area (Å²) in [5, 5.41) is 0. The Bertz CT molecular complexity index is 102. The minimum Gasteiger partial charge on any atom is -0.449 e. The van der Waals surface area contributed by atoms with Crippen LogP contribution in [0.5, 0.6) is 0 Å². The van der Waals surface area contributed by atoms with E-state index in [0.29, 0.717) is 6.47 Å². The Kier molecular flexibility index (Phi) is 5.84. The van der Waals surface area contributed by atoms with Gasteiger partial charge in [-0.25, -0.2) is 0 Å². The molecule has 1 atom stereocenters. The second-order valence-electron chi connectivity index (χ2n) is 2.32. The number of carbonyl (C=O) groups is 1. The molecule has 0 N–H and O–H groups in total. The molecule has 0 aromatic heterocycles. The Morgan fingerprint density at radius 3 is 2.18 bits per heavy atom. The maximum Gasteiger partial charge on any atom is 0.294 e. The van der Waals surface area contributed by atoms with Crippen molar-refractivity contribution in [2.75, 3.05) is 13.1 Å². The highest BCUT2D eigenvalue weighted by atomic mass is 16.5. The summed E-state index contributed by atoms with van der Waals surface area (Å²) in [5.41, 5.74) is 0. The standard InChI is InChI=1S/C8H17NO2/c1-4-8(11-7-10)9(5-2)6-3/h7-8H,4-6H2,1-3H3/t8-/m1/s1. The third-order valence-corrected chi connectivity index (χ3v) is 1.78. The lowest BCUT2D eigenvalue weighted by atomic mass is 10.3. The average Bonchev–Trinajstić information content (AvgIpc) is 2.05. The van der Waals surface area contributed by atoms with Crippen molar-refractivity contribution in [2.24, 2.45) is 0 Å². The summed E-state index contributed by atoms with van der Waals surface area (Å²) < 4.78 is 4.88. The third-order valence-electron chi connectivity index (χ3n) is 1.78. The molecule has 0 aliphatic heterocycles. The Morgan fingerprint density at radius 1 is 1.36 bits per heavy atom. The SMILES string of the molecule is CC[C@@H](OC=O)N(CC)CC.